The number of rotatable bonds is 5. The van der Waals surface area contributed by atoms with Crippen molar-refractivity contribution in [2.45, 2.75) is 38.5 Å². The minimum absolute atomic E-state index is 0.146. The van der Waals surface area contributed by atoms with Gasteiger partial charge in [0.15, 0.2) is 9.84 Å². The zero-order valence-electron chi connectivity index (χ0n) is 11.8. The molecule has 1 aromatic carbocycles. The van der Waals surface area contributed by atoms with Crippen molar-refractivity contribution in [1.29, 1.82) is 0 Å². The fourth-order valence-corrected chi connectivity index (χ4v) is 2.06. The van der Waals surface area contributed by atoms with Gasteiger partial charge >= 0.3 is 0 Å². The minimum atomic E-state index is -3.05. The lowest BCUT2D eigenvalue weighted by Crippen LogP contribution is -2.42. The lowest BCUT2D eigenvalue weighted by Gasteiger charge is -2.26. The second kappa shape index (κ2) is 5.41. The molecule has 0 aliphatic carbocycles. The van der Waals surface area contributed by atoms with E-state index in [1.54, 1.807) is 13.8 Å². The SMILES string of the molecule is Cc1ccccc1C(C)NCC(C)(C)S(C)(=O)=O. The molecule has 1 rings (SSSR count). The molecule has 0 bridgehead atoms. The highest BCUT2D eigenvalue weighted by atomic mass is 32.2. The van der Waals surface area contributed by atoms with Gasteiger partial charge in [-0.1, -0.05) is 24.3 Å². The molecular weight excluding hydrogens is 246 g/mol. The standard InChI is InChI=1S/C14H23NO2S/c1-11-8-6-7-9-13(11)12(2)15-10-14(3,4)18(5,16)17/h6-9,12,15H,10H2,1-5H3. The lowest BCUT2D eigenvalue weighted by molar-refractivity contribution is 0.488. The summed E-state index contributed by atoms with van der Waals surface area (Å²) in [6.45, 7) is 8.07. The Labute approximate surface area is 111 Å². The van der Waals surface area contributed by atoms with Gasteiger partial charge in [0.1, 0.15) is 0 Å². The maximum absolute atomic E-state index is 11.6. The van der Waals surface area contributed by atoms with Crippen LogP contribution in [-0.2, 0) is 9.84 Å². The molecule has 3 nitrogen and oxygen atoms in total. The molecule has 1 atom stereocenters. The van der Waals surface area contributed by atoms with Crippen LogP contribution in [0, 0.1) is 6.92 Å². The molecule has 0 aliphatic rings. The van der Waals surface area contributed by atoms with Crippen molar-refractivity contribution < 1.29 is 8.42 Å². The molecule has 18 heavy (non-hydrogen) atoms. The van der Waals surface area contributed by atoms with Crippen LogP contribution in [0.25, 0.3) is 0 Å². The van der Waals surface area contributed by atoms with Crippen molar-refractivity contribution in [3.8, 4) is 0 Å². The van der Waals surface area contributed by atoms with E-state index < -0.39 is 14.6 Å². The van der Waals surface area contributed by atoms with Gasteiger partial charge in [-0.3, -0.25) is 0 Å². The van der Waals surface area contributed by atoms with Gasteiger partial charge in [-0.05, 0) is 38.8 Å². The summed E-state index contributed by atoms with van der Waals surface area (Å²) in [5.74, 6) is 0. The molecule has 1 aromatic rings. The molecule has 0 radical (unpaired) electrons. The fraction of sp³-hybridized carbons (Fsp3) is 0.571. The molecule has 4 heteroatoms. The first kappa shape index (κ1) is 15.2. The molecule has 0 fully saturated rings. The van der Waals surface area contributed by atoms with E-state index >= 15 is 0 Å². The largest absolute Gasteiger partial charge is 0.309 e. The van der Waals surface area contributed by atoms with E-state index in [-0.39, 0.29) is 6.04 Å². The second-order valence-electron chi connectivity index (χ2n) is 5.49. The Morgan fingerprint density at radius 2 is 1.83 bits per heavy atom. The maximum Gasteiger partial charge on any atom is 0.153 e. The summed E-state index contributed by atoms with van der Waals surface area (Å²) < 4.78 is 22.5. The molecule has 102 valence electrons. The van der Waals surface area contributed by atoms with Crippen LogP contribution >= 0.6 is 0 Å². The topological polar surface area (TPSA) is 46.2 Å². The number of aryl methyl sites for hydroxylation is 1. The summed E-state index contributed by atoms with van der Waals surface area (Å²) in [4.78, 5) is 0. The van der Waals surface area contributed by atoms with Gasteiger partial charge in [-0.2, -0.15) is 0 Å². The van der Waals surface area contributed by atoms with E-state index in [0.717, 1.165) is 0 Å². The highest BCUT2D eigenvalue weighted by molar-refractivity contribution is 7.92. The summed E-state index contributed by atoms with van der Waals surface area (Å²) >= 11 is 0. The number of hydrogen-bond donors (Lipinski definition) is 1. The van der Waals surface area contributed by atoms with Crippen LogP contribution in [0.5, 0.6) is 0 Å². The zero-order chi connectivity index (χ0) is 14.0. The predicted molar refractivity (Wildman–Crippen MR) is 76.5 cm³/mol. The summed E-state index contributed by atoms with van der Waals surface area (Å²) in [6, 6.07) is 8.29. The van der Waals surface area contributed by atoms with Gasteiger partial charge in [0.2, 0.25) is 0 Å². The average Bonchev–Trinajstić information content (AvgIpc) is 2.25. The Bertz CT molecular complexity index is 506. The Hall–Kier alpha value is -0.870. The zero-order valence-corrected chi connectivity index (χ0v) is 12.6. The highest BCUT2D eigenvalue weighted by Crippen LogP contribution is 2.19. The third-order valence-corrected chi connectivity index (χ3v) is 5.64. The van der Waals surface area contributed by atoms with Gasteiger partial charge in [0.05, 0.1) is 4.75 Å². The second-order valence-corrected chi connectivity index (χ2v) is 8.14. The van der Waals surface area contributed by atoms with Crippen LogP contribution in [0.15, 0.2) is 24.3 Å². The summed E-state index contributed by atoms with van der Waals surface area (Å²) in [7, 11) is -3.05. The minimum Gasteiger partial charge on any atom is -0.309 e. The predicted octanol–water partition coefficient (Wildman–Crippen LogP) is 2.47. The van der Waals surface area contributed by atoms with E-state index in [2.05, 4.69) is 31.3 Å². The monoisotopic (exact) mass is 269 g/mol. The fourth-order valence-electron chi connectivity index (χ4n) is 1.71. The van der Waals surface area contributed by atoms with Crippen LogP contribution in [0.1, 0.15) is 37.9 Å². The first-order chi connectivity index (χ1) is 8.15. The molecule has 0 amide bonds. The van der Waals surface area contributed by atoms with Gasteiger partial charge < -0.3 is 5.32 Å². The van der Waals surface area contributed by atoms with Crippen molar-refractivity contribution >= 4 is 9.84 Å². The molecular formula is C14H23NO2S. The Morgan fingerprint density at radius 1 is 1.28 bits per heavy atom. The maximum atomic E-state index is 11.6. The van der Waals surface area contributed by atoms with Crippen molar-refractivity contribution in [2.24, 2.45) is 0 Å². The van der Waals surface area contributed by atoms with Crippen molar-refractivity contribution in [2.75, 3.05) is 12.8 Å². The molecule has 1 unspecified atom stereocenters. The number of hydrogen-bond acceptors (Lipinski definition) is 3. The first-order valence-corrected chi connectivity index (χ1v) is 8.03. The number of benzene rings is 1. The molecule has 0 saturated heterocycles. The Balaban J connectivity index is 2.74. The van der Waals surface area contributed by atoms with E-state index in [0.29, 0.717) is 6.54 Å². The van der Waals surface area contributed by atoms with Crippen molar-refractivity contribution in [3.05, 3.63) is 35.4 Å². The lowest BCUT2D eigenvalue weighted by atomic mass is 10.0. The van der Waals surface area contributed by atoms with Gasteiger partial charge in [-0.25, -0.2) is 8.42 Å². The first-order valence-electron chi connectivity index (χ1n) is 6.13. The van der Waals surface area contributed by atoms with Crippen molar-refractivity contribution in [1.82, 2.24) is 5.32 Å². The van der Waals surface area contributed by atoms with Crippen molar-refractivity contribution in [3.63, 3.8) is 0 Å². The molecule has 0 aliphatic heterocycles. The normalized spacial score (nSPS) is 14.5. The molecule has 0 saturated carbocycles. The van der Waals surface area contributed by atoms with Crippen LogP contribution in [-0.4, -0.2) is 26.0 Å². The highest BCUT2D eigenvalue weighted by Gasteiger charge is 2.30. The smallest absolute Gasteiger partial charge is 0.153 e. The average molecular weight is 269 g/mol. The van der Waals surface area contributed by atoms with Crippen LogP contribution < -0.4 is 5.32 Å². The Kier molecular flexibility index (Phi) is 4.56. The molecule has 0 heterocycles. The van der Waals surface area contributed by atoms with E-state index in [1.807, 2.05) is 12.1 Å². The Morgan fingerprint density at radius 3 is 2.33 bits per heavy atom. The third kappa shape index (κ3) is 3.56. The quantitative estimate of drug-likeness (QED) is 0.893. The van der Waals surface area contributed by atoms with Crippen LogP contribution in [0.4, 0.5) is 0 Å². The molecule has 0 spiro atoms. The molecule has 1 N–H and O–H groups in total. The summed E-state index contributed by atoms with van der Waals surface area (Å²) in [6.07, 6.45) is 1.28. The van der Waals surface area contributed by atoms with E-state index in [4.69, 9.17) is 0 Å². The third-order valence-electron chi connectivity index (χ3n) is 3.49. The van der Waals surface area contributed by atoms with Crippen LogP contribution in [0.2, 0.25) is 0 Å². The number of nitrogens with one attached hydrogen (secondary N) is 1. The number of sulfone groups is 1. The van der Waals surface area contributed by atoms with Gasteiger partial charge in [0.25, 0.3) is 0 Å². The van der Waals surface area contributed by atoms with E-state index in [9.17, 15) is 8.42 Å². The summed E-state index contributed by atoms with van der Waals surface area (Å²) in [5, 5.41) is 3.31. The van der Waals surface area contributed by atoms with Crippen LogP contribution in [0.3, 0.4) is 0 Å². The van der Waals surface area contributed by atoms with Gasteiger partial charge in [-0.15, -0.1) is 0 Å². The molecule has 0 aromatic heterocycles. The van der Waals surface area contributed by atoms with Gasteiger partial charge in [0, 0.05) is 18.8 Å². The summed E-state index contributed by atoms with van der Waals surface area (Å²) in [5.41, 5.74) is 2.43. The van der Waals surface area contributed by atoms with E-state index in [1.165, 1.54) is 17.4 Å².